The number of aromatic hydroxyl groups is 1. The van der Waals surface area contributed by atoms with E-state index >= 15 is 0 Å². The van der Waals surface area contributed by atoms with Crippen LogP contribution in [0.1, 0.15) is 17.2 Å². The molecule has 0 fully saturated rings. The number of aliphatic hydroxyl groups excluding tert-OH is 1. The van der Waals surface area contributed by atoms with Gasteiger partial charge in [-0.25, -0.2) is 0 Å². The van der Waals surface area contributed by atoms with Crippen LogP contribution in [0.2, 0.25) is 5.02 Å². The maximum absolute atomic E-state index is 10.1. The number of hydrogen-bond donors (Lipinski definition) is 3. The Morgan fingerprint density at radius 2 is 2.00 bits per heavy atom. The van der Waals surface area contributed by atoms with Crippen LogP contribution in [0.5, 0.6) is 11.5 Å². The molecular formula is C16H18ClNO3. The Bertz CT molecular complexity index is 604. The van der Waals surface area contributed by atoms with Gasteiger partial charge in [-0.3, -0.25) is 0 Å². The van der Waals surface area contributed by atoms with Gasteiger partial charge < -0.3 is 20.3 Å². The smallest absolute Gasteiger partial charge is 0.123 e. The maximum Gasteiger partial charge on any atom is 0.123 e. The molecule has 2 rings (SSSR count). The highest BCUT2D eigenvalue weighted by molar-refractivity contribution is 6.31. The third-order valence-electron chi connectivity index (χ3n) is 3.21. The Hall–Kier alpha value is -1.75. The van der Waals surface area contributed by atoms with Gasteiger partial charge in [0.2, 0.25) is 0 Å². The molecule has 1 unspecified atom stereocenters. The summed E-state index contributed by atoms with van der Waals surface area (Å²) in [5.74, 6) is 0.765. The van der Waals surface area contributed by atoms with Gasteiger partial charge in [0.1, 0.15) is 11.5 Å². The fourth-order valence-corrected chi connectivity index (χ4v) is 2.28. The summed E-state index contributed by atoms with van der Waals surface area (Å²) in [6.45, 7) is 0.784. The fourth-order valence-electron chi connectivity index (χ4n) is 2.02. The number of aliphatic hydroxyl groups is 1. The lowest BCUT2D eigenvalue weighted by Gasteiger charge is -2.14. The fraction of sp³-hybridized carbons (Fsp3) is 0.250. The second kappa shape index (κ2) is 7.31. The van der Waals surface area contributed by atoms with Crippen molar-refractivity contribution >= 4 is 11.6 Å². The number of halogens is 1. The molecule has 0 spiro atoms. The van der Waals surface area contributed by atoms with Crippen molar-refractivity contribution in [1.29, 1.82) is 0 Å². The molecule has 0 aliphatic rings. The monoisotopic (exact) mass is 307 g/mol. The summed E-state index contributed by atoms with van der Waals surface area (Å²) in [6.07, 6.45) is -0.695. The normalized spacial score (nSPS) is 12.1. The van der Waals surface area contributed by atoms with Crippen LogP contribution in [-0.2, 0) is 6.54 Å². The average Bonchev–Trinajstić information content (AvgIpc) is 2.49. The zero-order valence-electron chi connectivity index (χ0n) is 11.7. The van der Waals surface area contributed by atoms with Crippen LogP contribution in [0.3, 0.4) is 0 Å². The second-order valence-electron chi connectivity index (χ2n) is 4.66. The number of nitrogens with one attached hydrogen (secondary N) is 1. The SMILES string of the molecule is COc1ccc(CNCC(O)c2ccccc2Cl)c(O)c1. The highest BCUT2D eigenvalue weighted by Crippen LogP contribution is 2.24. The van der Waals surface area contributed by atoms with E-state index in [1.54, 1.807) is 37.4 Å². The Balaban J connectivity index is 1.91. The molecule has 21 heavy (non-hydrogen) atoms. The van der Waals surface area contributed by atoms with E-state index in [0.29, 0.717) is 29.4 Å². The number of hydrogen-bond acceptors (Lipinski definition) is 4. The first-order chi connectivity index (χ1) is 10.1. The highest BCUT2D eigenvalue weighted by Gasteiger charge is 2.11. The molecule has 0 heterocycles. The van der Waals surface area contributed by atoms with E-state index in [4.69, 9.17) is 16.3 Å². The zero-order chi connectivity index (χ0) is 15.2. The summed E-state index contributed by atoms with van der Waals surface area (Å²) >= 11 is 6.03. The van der Waals surface area contributed by atoms with Gasteiger partial charge in [0.15, 0.2) is 0 Å². The van der Waals surface area contributed by atoms with Gasteiger partial charge in [-0.1, -0.05) is 35.9 Å². The first-order valence-corrected chi connectivity index (χ1v) is 6.98. The molecular weight excluding hydrogens is 290 g/mol. The third kappa shape index (κ3) is 4.11. The van der Waals surface area contributed by atoms with Crippen LogP contribution in [0.4, 0.5) is 0 Å². The lowest BCUT2D eigenvalue weighted by Crippen LogP contribution is -2.21. The molecule has 0 radical (unpaired) electrons. The summed E-state index contributed by atoms with van der Waals surface area (Å²) in [5, 5.41) is 23.6. The molecule has 0 saturated carbocycles. The van der Waals surface area contributed by atoms with Crippen molar-refractivity contribution in [1.82, 2.24) is 5.32 Å². The number of methoxy groups -OCH3 is 1. The van der Waals surface area contributed by atoms with Crippen molar-refractivity contribution in [3.05, 3.63) is 58.6 Å². The minimum Gasteiger partial charge on any atom is -0.507 e. The average molecular weight is 308 g/mol. The van der Waals surface area contributed by atoms with Crippen LogP contribution in [0.25, 0.3) is 0 Å². The number of benzene rings is 2. The van der Waals surface area contributed by atoms with Gasteiger partial charge in [0, 0.05) is 35.3 Å². The van der Waals surface area contributed by atoms with Crippen LogP contribution < -0.4 is 10.1 Å². The predicted molar refractivity (Wildman–Crippen MR) is 82.8 cm³/mol. The molecule has 0 aliphatic carbocycles. The molecule has 0 amide bonds. The first-order valence-electron chi connectivity index (χ1n) is 6.61. The van der Waals surface area contributed by atoms with Crippen molar-refractivity contribution in [2.45, 2.75) is 12.6 Å². The van der Waals surface area contributed by atoms with Crippen LogP contribution in [0.15, 0.2) is 42.5 Å². The topological polar surface area (TPSA) is 61.7 Å². The molecule has 0 bridgehead atoms. The number of phenolic OH excluding ortho intramolecular Hbond substituents is 1. The van der Waals surface area contributed by atoms with Gasteiger partial charge in [0.05, 0.1) is 13.2 Å². The molecule has 5 heteroatoms. The molecule has 3 N–H and O–H groups in total. The van der Waals surface area contributed by atoms with Crippen molar-refractivity contribution in [3.8, 4) is 11.5 Å². The van der Waals surface area contributed by atoms with Crippen molar-refractivity contribution in [2.24, 2.45) is 0 Å². The Kier molecular flexibility index (Phi) is 5.44. The van der Waals surface area contributed by atoms with Crippen molar-refractivity contribution in [2.75, 3.05) is 13.7 Å². The summed E-state index contributed by atoms with van der Waals surface area (Å²) in [4.78, 5) is 0. The van der Waals surface area contributed by atoms with E-state index < -0.39 is 6.10 Å². The van der Waals surface area contributed by atoms with E-state index in [2.05, 4.69) is 5.32 Å². The quantitative estimate of drug-likeness (QED) is 0.768. The number of rotatable bonds is 6. The second-order valence-corrected chi connectivity index (χ2v) is 5.07. The zero-order valence-corrected chi connectivity index (χ0v) is 12.5. The Labute approximate surface area is 129 Å². The molecule has 4 nitrogen and oxygen atoms in total. The lowest BCUT2D eigenvalue weighted by atomic mass is 10.1. The largest absolute Gasteiger partial charge is 0.507 e. The van der Waals surface area contributed by atoms with E-state index in [9.17, 15) is 10.2 Å². The van der Waals surface area contributed by atoms with E-state index in [0.717, 1.165) is 5.56 Å². The van der Waals surface area contributed by atoms with E-state index in [-0.39, 0.29) is 5.75 Å². The number of phenols is 1. The third-order valence-corrected chi connectivity index (χ3v) is 3.55. The molecule has 0 aliphatic heterocycles. The molecule has 2 aromatic rings. The van der Waals surface area contributed by atoms with Gasteiger partial charge in [-0.15, -0.1) is 0 Å². The highest BCUT2D eigenvalue weighted by atomic mass is 35.5. The van der Waals surface area contributed by atoms with Gasteiger partial charge >= 0.3 is 0 Å². The molecule has 0 saturated heterocycles. The summed E-state index contributed by atoms with van der Waals surface area (Å²) in [5.41, 5.74) is 1.42. The van der Waals surface area contributed by atoms with E-state index in [1.807, 2.05) is 12.1 Å². The van der Waals surface area contributed by atoms with Gasteiger partial charge in [-0.2, -0.15) is 0 Å². The molecule has 2 aromatic carbocycles. The summed E-state index contributed by atoms with van der Waals surface area (Å²) in [6, 6.07) is 12.3. The minimum atomic E-state index is -0.695. The van der Waals surface area contributed by atoms with Crippen molar-refractivity contribution in [3.63, 3.8) is 0 Å². The first kappa shape index (κ1) is 15.6. The molecule has 112 valence electrons. The number of ether oxygens (including phenoxy) is 1. The Morgan fingerprint density at radius 1 is 1.24 bits per heavy atom. The van der Waals surface area contributed by atoms with Gasteiger partial charge in [-0.05, 0) is 12.1 Å². The minimum absolute atomic E-state index is 0.161. The molecule has 0 aromatic heterocycles. The van der Waals surface area contributed by atoms with Gasteiger partial charge in [0.25, 0.3) is 0 Å². The maximum atomic E-state index is 10.1. The summed E-state index contributed by atoms with van der Waals surface area (Å²) in [7, 11) is 1.55. The molecule has 1 atom stereocenters. The standard InChI is InChI=1S/C16H18ClNO3/c1-21-12-7-6-11(15(19)8-12)9-18-10-16(20)13-4-2-3-5-14(13)17/h2-8,16,18-20H,9-10H2,1H3. The van der Waals surface area contributed by atoms with Crippen LogP contribution >= 0.6 is 11.6 Å². The van der Waals surface area contributed by atoms with Crippen LogP contribution in [-0.4, -0.2) is 23.9 Å². The van der Waals surface area contributed by atoms with Crippen LogP contribution in [0, 0.1) is 0 Å². The van der Waals surface area contributed by atoms with E-state index in [1.165, 1.54) is 0 Å². The predicted octanol–water partition coefficient (Wildman–Crippen LogP) is 2.88. The van der Waals surface area contributed by atoms with Crippen molar-refractivity contribution < 1.29 is 14.9 Å². The lowest BCUT2D eigenvalue weighted by molar-refractivity contribution is 0.174. The Morgan fingerprint density at radius 3 is 2.67 bits per heavy atom. The summed E-state index contributed by atoms with van der Waals surface area (Å²) < 4.78 is 5.03.